The number of halogens is 6. The highest BCUT2D eigenvalue weighted by molar-refractivity contribution is 7.73. The van der Waals surface area contributed by atoms with E-state index in [1.54, 1.807) is 0 Å². The van der Waals surface area contributed by atoms with E-state index in [-0.39, 0.29) is 19.2 Å². The summed E-state index contributed by atoms with van der Waals surface area (Å²) in [6, 6.07) is 29.4. The van der Waals surface area contributed by atoms with E-state index >= 15 is 0 Å². The van der Waals surface area contributed by atoms with E-state index < -0.39 is 55.0 Å². The Bertz CT molecular complexity index is 1440. The molecule has 1 aliphatic heterocycles. The van der Waals surface area contributed by atoms with Gasteiger partial charge < -0.3 is 9.64 Å². The van der Waals surface area contributed by atoms with Crippen molar-refractivity contribution < 1.29 is 35.9 Å². The summed E-state index contributed by atoms with van der Waals surface area (Å²) >= 11 is 0. The third kappa shape index (κ3) is 7.64. The van der Waals surface area contributed by atoms with Gasteiger partial charge in [0.1, 0.15) is 0 Å². The quantitative estimate of drug-likeness (QED) is 0.151. The van der Waals surface area contributed by atoms with Crippen LogP contribution in [-0.4, -0.2) is 35.7 Å². The molecule has 0 N–H and O–H groups in total. The summed E-state index contributed by atoms with van der Waals surface area (Å²) in [5.41, 5.74) is -2.78. The van der Waals surface area contributed by atoms with Crippen LogP contribution in [0.25, 0.3) is 0 Å². The first kappa shape index (κ1) is 30.8. The van der Waals surface area contributed by atoms with E-state index in [0.717, 1.165) is 16.2 Å². The number of likely N-dealkylation sites (tertiary alicyclic amines) is 1. The van der Waals surface area contributed by atoms with Crippen molar-refractivity contribution in [3.63, 3.8) is 0 Å². The number of ether oxygens (including phenoxy) is 1. The summed E-state index contributed by atoms with van der Waals surface area (Å²) in [4.78, 5) is 15.2. The Morgan fingerprint density at radius 2 is 1.23 bits per heavy atom. The second kappa shape index (κ2) is 12.9. The van der Waals surface area contributed by atoms with Crippen LogP contribution < -0.4 is 10.6 Å². The molecule has 0 aliphatic carbocycles. The molecule has 43 heavy (non-hydrogen) atoms. The SMILES string of the molecule is O=C(c1cc(C(F)(F)F)cc(C(F)(F)F)c1)N1C[C@H](OCc2ccccc2)C[C@H]1CP(c1ccccc1)c1ccccc1. The maximum absolute atomic E-state index is 13.8. The van der Waals surface area contributed by atoms with Gasteiger partial charge in [-0.2, -0.15) is 26.3 Å². The standard InChI is InChI=1S/C33H28F6NO2P/c34-32(35,36)25-16-24(17-26(18-25)33(37,38)39)31(41)40-20-28(42-21-23-10-4-1-5-11-23)19-27(40)22-43(29-12-6-2-7-13-29)30-14-8-3-9-15-30/h1-18,27-28H,19-22H2/t27-,28+/m0/s1. The fraction of sp³-hybridized carbons (Fsp3) is 0.242. The maximum atomic E-state index is 13.8. The molecule has 10 heteroatoms. The van der Waals surface area contributed by atoms with Crippen molar-refractivity contribution in [2.45, 2.75) is 37.5 Å². The van der Waals surface area contributed by atoms with Gasteiger partial charge in [0.15, 0.2) is 0 Å². The molecule has 4 aromatic rings. The molecule has 2 atom stereocenters. The Hall–Kier alpha value is -3.68. The Morgan fingerprint density at radius 1 is 0.744 bits per heavy atom. The molecule has 1 aliphatic rings. The molecule has 3 nitrogen and oxygen atoms in total. The number of carbonyl (C=O) groups is 1. The summed E-state index contributed by atoms with van der Waals surface area (Å²) in [7, 11) is -1.01. The highest BCUT2D eigenvalue weighted by atomic mass is 31.1. The molecule has 0 saturated carbocycles. The zero-order valence-corrected chi connectivity index (χ0v) is 23.7. The number of hydrogen-bond donors (Lipinski definition) is 0. The molecular formula is C33H28F6NO2P. The lowest BCUT2D eigenvalue weighted by Gasteiger charge is -2.29. The predicted molar refractivity (Wildman–Crippen MR) is 155 cm³/mol. The highest BCUT2D eigenvalue weighted by Gasteiger charge is 2.41. The molecule has 1 amide bonds. The van der Waals surface area contributed by atoms with Gasteiger partial charge in [-0.15, -0.1) is 0 Å². The van der Waals surface area contributed by atoms with Gasteiger partial charge in [0.2, 0.25) is 0 Å². The van der Waals surface area contributed by atoms with Crippen LogP contribution in [0.15, 0.2) is 109 Å². The maximum Gasteiger partial charge on any atom is 0.416 e. The first-order valence-electron chi connectivity index (χ1n) is 13.6. The first-order valence-corrected chi connectivity index (χ1v) is 15.2. The number of alkyl halides is 6. The van der Waals surface area contributed by atoms with Crippen LogP contribution in [0.1, 0.15) is 33.5 Å². The normalized spacial score (nSPS) is 17.4. The molecule has 1 fully saturated rings. The number of amides is 1. The number of rotatable bonds is 8. The molecule has 0 aromatic heterocycles. The first-order chi connectivity index (χ1) is 20.5. The van der Waals surface area contributed by atoms with Gasteiger partial charge in [-0.05, 0) is 54.9 Å². The molecule has 1 saturated heterocycles. The van der Waals surface area contributed by atoms with Gasteiger partial charge in [0.25, 0.3) is 5.91 Å². The highest BCUT2D eigenvalue weighted by Crippen LogP contribution is 2.40. The van der Waals surface area contributed by atoms with Crippen LogP contribution in [0.3, 0.4) is 0 Å². The Kier molecular flexibility index (Phi) is 9.23. The fourth-order valence-corrected chi connectivity index (χ4v) is 7.79. The van der Waals surface area contributed by atoms with Gasteiger partial charge in [-0.3, -0.25) is 4.79 Å². The van der Waals surface area contributed by atoms with Crippen LogP contribution in [0, 0.1) is 0 Å². The van der Waals surface area contributed by atoms with E-state index in [9.17, 15) is 31.1 Å². The van der Waals surface area contributed by atoms with Gasteiger partial charge in [0.05, 0.1) is 23.8 Å². The van der Waals surface area contributed by atoms with Crippen molar-refractivity contribution >= 4 is 24.4 Å². The van der Waals surface area contributed by atoms with E-state index in [1.165, 1.54) is 4.90 Å². The number of carbonyl (C=O) groups excluding carboxylic acids is 1. The third-order valence-electron chi connectivity index (χ3n) is 7.33. The predicted octanol–water partition coefficient (Wildman–Crippen LogP) is 7.66. The number of nitrogens with zero attached hydrogens (tertiary/aromatic N) is 1. The van der Waals surface area contributed by atoms with E-state index in [1.807, 2.05) is 91.0 Å². The van der Waals surface area contributed by atoms with E-state index in [0.29, 0.717) is 24.7 Å². The minimum absolute atomic E-state index is 0.0358. The van der Waals surface area contributed by atoms with Crippen molar-refractivity contribution in [1.29, 1.82) is 0 Å². The average Bonchev–Trinajstić information content (AvgIpc) is 3.41. The summed E-state index contributed by atoms with van der Waals surface area (Å²) in [6.45, 7) is 0.300. The van der Waals surface area contributed by atoms with Crippen LogP contribution in [-0.2, 0) is 23.7 Å². The van der Waals surface area contributed by atoms with Crippen LogP contribution in [0.4, 0.5) is 26.3 Å². The molecule has 0 unspecified atom stereocenters. The Balaban J connectivity index is 1.49. The van der Waals surface area contributed by atoms with Crippen molar-refractivity contribution in [3.05, 3.63) is 131 Å². The second-order valence-corrected chi connectivity index (χ2v) is 12.6. The largest absolute Gasteiger partial charge is 0.416 e. The number of benzene rings is 4. The monoisotopic (exact) mass is 615 g/mol. The molecule has 0 bridgehead atoms. The lowest BCUT2D eigenvalue weighted by Crippen LogP contribution is -2.39. The second-order valence-electron chi connectivity index (χ2n) is 10.3. The Labute approximate surface area is 246 Å². The molecule has 0 spiro atoms. The van der Waals surface area contributed by atoms with Crippen LogP contribution in [0.2, 0.25) is 0 Å². The van der Waals surface area contributed by atoms with Gasteiger partial charge in [0, 0.05) is 18.2 Å². The molecule has 224 valence electrons. The zero-order valence-electron chi connectivity index (χ0n) is 22.9. The zero-order chi connectivity index (χ0) is 30.6. The van der Waals surface area contributed by atoms with Crippen molar-refractivity contribution in [2.24, 2.45) is 0 Å². The third-order valence-corrected chi connectivity index (χ3v) is 9.96. The smallest absolute Gasteiger partial charge is 0.372 e. The lowest BCUT2D eigenvalue weighted by molar-refractivity contribution is -0.143. The topological polar surface area (TPSA) is 29.5 Å². The van der Waals surface area contributed by atoms with Crippen molar-refractivity contribution in [3.8, 4) is 0 Å². The average molecular weight is 616 g/mol. The molecule has 5 rings (SSSR count). The minimum Gasteiger partial charge on any atom is -0.372 e. The Morgan fingerprint density at radius 3 is 1.72 bits per heavy atom. The van der Waals surface area contributed by atoms with Gasteiger partial charge in [-0.1, -0.05) is 91.0 Å². The number of hydrogen-bond acceptors (Lipinski definition) is 2. The summed E-state index contributed by atoms with van der Waals surface area (Å²) in [5, 5.41) is 2.09. The lowest BCUT2D eigenvalue weighted by atomic mass is 10.0. The molecule has 1 heterocycles. The van der Waals surface area contributed by atoms with Crippen molar-refractivity contribution in [1.82, 2.24) is 4.90 Å². The fourth-order valence-electron chi connectivity index (χ4n) is 5.24. The van der Waals surface area contributed by atoms with Gasteiger partial charge >= 0.3 is 12.4 Å². The van der Waals surface area contributed by atoms with Crippen molar-refractivity contribution in [2.75, 3.05) is 12.7 Å². The summed E-state index contributed by atoms with van der Waals surface area (Å²) in [5.74, 6) is -0.886. The molecule has 4 aromatic carbocycles. The minimum atomic E-state index is -5.06. The van der Waals surface area contributed by atoms with E-state index in [2.05, 4.69) is 0 Å². The summed E-state index contributed by atoms with van der Waals surface area (Å²) < 4.78 is 87.8. The molecule has 0 radical (unpaired) electrons. The van der Waals surface area contributed by atoms with Crippen LogP contribution in [0.5, 0.6) is 0 Å². The summed E-state index contributed by atoms with van der Waals surface area (Å²) in [6.07, 6.45) is -9.72. The van der Waals surface area contributed by atoms with E-state index in [4.69, 9.17) is 4.74 Å². The van der Waals surface area contributed by atoms with Crippen LogP contribution >= 0.6 is 7.92 Å². The molecular weight excluding hydrogens is 587 g/mol. The van der Waals surface area contributed by atoms with Gasteiger partial charge in [-0.25, -0.2) is 0 Å².